The van der Waals surface area contributed by atoms with E-state index >= 15 is 0 Å². The highest BCUT2D eigenvalue weighted by molar-refractivity contribution is 5.77. The summed E-state index contributed by atoms with van der Waals surface area (Å²) >= 11 is 0. The van der Waals surface area contributed by atoms with E-state index in [0.717, 1.165) is 0 Å². The van der Waals surface area contributed by atoms with Gasteiger partial charge in [-0.1, -0.05) is 13.8 Å². The van der Waals surface area contributed by atoms with Crippen molar-refractivity contribution in [3.05, 3.63) is 0 Å². The molecule has 0 aromatic carbocycles. The summed E-state index contributed by atoms with van der Waals surface area (Å²) in [6, 6.07) is 0. The molecular weight excluding hydrogens is 295 g/mol. The Morgan fingerprint density at radius 1 is 1.09 bits per heavy atom. The smallest absolute Gasteiger partial charge is 0.246 e. The van der Waals surface area contributed by atoms with E-state index in [1.54, 1.807) is 0 Å². The second kappa shape index (κ2) is 17.8. The molecule has 0 bridgehead atoms. The van der Waals surface area contributed by atoms with E-state index in [1.807, 2.05) is 13.8 Å². The summed E-state index contributed by atoms with van der Waals surface area (Å²) in [7, 11) is 1.44. The van der Waals surface area contributed by atoms with E-state index in [9.17, 15) is 14.0 Å². The maximum absolute atomic E-state index is 13.1. The number of rotatable bonds is 12. The number of carbonyl (C=O) groups excluding carboxylic acids is 2. The molecule has 0 spiro atoms. The monoisotopic (exact) mass is 324 g/mol. The molecule has 0 radical (unpaired) electrons. The van der Waals surface area contributed by atoms with Crippen molar-refractivity contribution in [1.29, 1.82) is 0 Å². The number of alkyl halides is 1. The average Bonchev–Trinajstić information content (AvgIpc) is 2.50. The Labute approximate surface area is 131 Å². The van der Waals surface area contributed by atoms with Gasteiger partial charge in [-0.25, -0.2) is 4.39 Å². The summed E-state index contributed by atoms with van der Waals surface area (Å²) < 4.78 is 28.0. The lowest BCUT2D eigenvalue weighted by Crippen LogP contribution is -2.31. The molecule has 0 saturated carbocycles. The highest BCUT2D eigenvalue weighted by Gasteiger charge is 2.06. The fourth-order valence-electron chi connectivity index (χ4n) is 1.19. The molecular formula is C14H29FN2O5. The second-order valence-corrected chi connectivity index (χ2v) is 4.00. The van der Waals surface area contributed by atoms with E-state index in [2.05, 4.69) is 15.4 Å². The molecule has 8 heteroatoms. The minimum atomic E-state index is -1.23. The molecule has 1 atom stereocenters. The van der Waals surface area contributed by atoms with Crippen molar-refractivity contribution in [2.24, 2.45) is 0 Å². The summed E-state index contributed by atoms with van der Waals surface area (Å²) in [6.07, 6.45) is -1.23. The van der Waals surface area contributed by atoms with Crippen molar-refractivity contribution >= 4 is 11.8 Å². The molecule has 0 aromatic rings. The van der Waals surface area contributed by atoms with Gasteiger partial charge >= 0.3 is 0 Å². The van der Waals surface area contributed by atoms with Crippen LogP contribution >= 0.6 is 0 Å². The van der Waals surface area contributed by atoms with Gasteiger partial charge in [0.05, 0.1) is 33.0 Å². The van der Waals surface area contributed by atoms with Crippen molar-refractivity contribution in [3.8, 4) is 0 Å². The summed E-state index contributed by atoms with van der Waals surface area (Å²) in [5.41, 5.74) is 0. The fraction of sp³-hybridized carbons (Fsp3) is 0.857. The summed E-state index contributed by atoms with van der Waals surface area (Å²) in [4.78, 5) is 21.5. The van der Waals surface area contributed by atoms with Gasteiger partial charge in [-0.15, -0.1) is 0 Å². The highest BCUT2D eigenvalue weighted by atomic mass is 19.1. The Balaban J connectivity index is 0. The maximum Gasteiger partial charge on any atom is 0.246 e. The molecule has 22 heavy (non-hydrogen) atoms. The lowest BCUT2D eigenvalue weighted by Gasteiger charge is -2.10. The first kappa shape index (κ1) is 23.0. The van der Waals surface area contributed by atoms with Crippen LogP contribution in [0.4, 0.5) is 4.39 Å². The van der Waals surface area contributed by atoms with Crippen LogP contribution < -0.4 is 10.6 Å². The first-order chi connectivity index (χ1) is 10.6. The first-order valence-corrected chi connectivity index (χ1v) is 7.36. The molecule has 0 aliphatic rings. The molecule has 7 nitrogen and oxygen atoms in total. The van der Waals surface area contributed by atoms with Gasteiger partial charge in [0.15, 0.2) is 0 Å². The molecule has 0 aromatic heterocycles. The van der Waals surface area contributed by atoms with E-state index in [4.69, 9.17) is 9.47 Å². The summed E-state index contributed by atoms with van der Waals surface area (Å²) in [5.74, 6) is -0.475. The van der Waals surface area contributed by atoms with Crippen LogP contribution in [-0.4, -0.2) is 71.2 Å². The predicted octanol–water partition coefficient (Wildman–Crippen LogP) is 0.283. The molecule has 0 heterocycles. The Morgan fingerprint density at radius 2 is 1.73 bits per heavy atom. The zero-order valence-electron chi connectivity index (χ0n) is 13.9. The van der Waals surface area contributed by atoms with Crippen molar-refractivity contribution in [2.45, 2.75) is 26.9 Å². The maximum atomic E-state index is 13.1. The minimum absolute atomic E-state index is 0.0231. The molecule has 2 amide bonds. The number of ether oxygens (including phenoxy) is 3. The number of nitrogens with one attached hydrogen (secondary N) is 2. The van der Waals surface area contributed by atoms with Gasteiger partial charge in [0.1, 0.15) is 12.8 Å². The Bertz CT molecular complexity index is 280. The lowest BCUT2D eigenvalue weighted by atomic mass is 10.4. The zero-order valence-corrected chi connectivity index (χ0v) is 13.9. The van der Waals surface area contributed by atoms with Gasteiger partial charge < -0.3 is 24.8 Å². The molecule has 0 rings (SSSR count). The summed E-state index contributed by atoms with van der Waals surface area (Å²) in [6.45, 7) is 6.51. The summed E-state index contributed by atoms with van der Waals surface area (Å²) in [5, 5.41) is 4.95. The Kier molecular flexibility index (Phi) is 18.6. The number of methoxy groups -OCH3 is 1. The number of amides is 2. The number of hydrogen-bond acceptors (Lipinski definition) is 5. The Morgan fingerprint density at radius 3 is 2.32 bits per heavy atom. The third-order valence-electron chi connectivity index (χ3n) is 2.09. The van der Waals surface area contributed by atoms with Gasteiger partial charge in [0, 0.05) is 20.6 Å². The van der Waals surface area contributed by atoms with E-state index in [-0.39, 0.29) is 38.2 Å². The molecule has 0 aliphatic carbocycles. The Hall–Kier alpha value is -1.25. The van der Waals surface area contributed by atoms with Crippen molar-refractivity contribution in [3.63, 3.8) is 0 Å². The average molecular weight is 324 g/mol. The van der Waals surface area contributed by atoms with E-state index in [0.29, 0.717) is 19.8 Å². The topological polar surface area (TPSA) is 85.9 Å². The van der Waals surface area contributed by atoms with Crippen LogP contribution in [0.2, 0.25) is 0 Å². The molecule has 0 aliphatic heterocycles. The van der Waals surface area contributed by atoms with Gasteiger partial charge in [-0.2, -0.15) is 0 Å². The minimum Gasteiger partial charge on any atom is -0.377 e. The molecule has 2 N–H and O–H groups in total. The van der Waals surface area contributed by atoms with E-state index in [1.165, 1.54) is 14.0 Å². The zero-order chi connectivity index (χ0) is 17.2. The quantitative estimate of drug-likeness (QED) is 0.504. The van der Waals surface area contributed by atoms with Gasteiger partial charge in [0.25, 0.3) is 0 Å². The number of hydrogen-bond donors (Lipinski definition) is 2. The number of carbonyl (C=O) groups is 2. The van der Waals surface area contributed by atoms with E-state index < -0.39 is 6.17 Å². The van der Waals surface area contributed by atoms with Gasteiger partial charge in [-0.05, 0) is 0 Å². The molecule has 1 unspecified atom stereocenters. The largest absolute Gasteiger partial charge is 0.377 e. The van der Waals surface area contributed by atoms with Crippen molar-refractivity contribution < 1.29 is 28.2 Å². The standard InChI is InChI=1S/C12H23FN2O5.C2H6/c1-10(16)15-7-11(13)8-20-6-5-19-4-3-14-12(17)9-18-2;1-2/h11H,3-9H2,1-2H3,(H,14,17)(H,15,16);1-2H3. The second-order valence-electron chi connectivity index (χ2n) is 4.00. The SMILES string of the molecule is CC.COCC(=O)NCCOCCOCC(F)CNC(C)=O. The van der Waals surface area contributed by atoms with Crippen LogP contribution in [0.25, 0.3) is 0 Å². The fourth-order valence-corrected chi connectivity index (χ4v) is 1.19. The highest BCUT2D eigenvalue weighted by Crippen LogP contribution is 1.90. The van der Waals surface area contributed by atoms with Gasteiger partial charge in [0.2, 0.25) is 11.8 Å². The lowest BCUT2D eigenvalue weighted by molar-refractivity contribution is -0.125. The van der Waals surface area contributed by atoms with Crippen LogP contribution in [-0.2, 0) is 23.8 Å². The van der Waals surface area contributed by atoms with Crippen LogP contribution in [0, 0.1) is 0 Å². The number of halogens is 1. The van der Waals surface area contributed by atoms with Crippen molar-refractivity contribution in [1.82, 2.24) is 10.6 Å². The van der Waals surface area contributed by atoms with Crippen molar-refractivity contribution in [2.75, 3.05) is 53.2 Å². The third-order valence-corrected chi connectivity index (χ3v) is 2.09. The molecule has 0 fully saturated rings. The normalized spacial score (nSPS) is 11.1. The molecule has 0 saturated heterocycles. The van der Waals surface area contributed by atoms with Crippen LogP contribution in [0.1, 0.15) is 20.8 Å². The van der Waals surface area contributed by atoms with Gasteiger partial charge in [-0.3, -0.25) is 9.59 Å². The van der Waals surface area contributed by atoms with Crippen LogP contribution in [0.5, 0.6) is 0 Å². The molecule has 132 valence electrons. The third kappa shape index (κ3) is 18.8. The first-order valence-electron chi connectivity index (χ1n) is 7.36. The van der Waals surface area contributed by atoms with Crippen LogP contribution in [0.15, 0.2) is 0 Å². The predicted molar refractivity (Wildman–Crippen MR) is 81.5 cm³/mol. The van der Waals surface area contributed by atoms with Crippen LogP contribution in [0.3, 0.4) is 0 Å².